The Morgan fingerprint density at radius 2 is 1.81 bits per heavy atom. The molecule has 5 heteroatoms. The first kappa shape index (κ1) is 12.5. The van der Waals surface area contributed by atoms with E-state index < -0.39 is 17.4 Å². The van der Waals surface area contributed by atoms with E-state index in [2.05, 4.69) is 0 Å². The van der Waals surface area contributed by atoms with Gasteiger partial charge < -0.3 is 9.64 Å². The van der Waals surface area contributed by atoms with E-state index in [-0.39, 0.29) is 0 Å². The molecule has 86 valence electrons. The van der Waals surface area contributed by atoms with Gasteiger partial charge in [0.25, 0.3) is 5.24 Å². The SMILES string of the molecule is CN(C)C(=O)O[C@@H](C(=O)Cl)c1ccccc1. The summed E-state index contributed by atoms with van der Waals surface area (Å²) < 4.78 is 4.96. The van der Waals surface area contributed by atoms with Crippen molar-refractivity contribution in [3.63, 3.8) is 0 Å². The van der Waals surface area contributed by atoms with Gasteiger partial charge in [0, 0.05) is 19.7 Å². The summed E-state index contributed by atoms with van der Waals surface area (Å²) in [7, 11) is 3.06. The third-order valence-electron chi connectivity index (χ3n) is 1.89. The molecule has 0 bridgehead atoms. The maximum Gasteiger partial charge on any atom is 0.410 e. The Morgan fingerprint density at radius 3 is 2.25 bits per heavy atom. The standard InChI is InChI=1S/C11H12ClNO3/c1-13(2)11(15)16-9(10(12)14)8-6-4-3-5-7-8/h3-7,9H,1-2H3/t9-/m1/s1. The minimum absolute atomic E-state index is 0.553. The van der Waals surface area contributed by atoms with Crippen LogP contribution < -0.4 is 0 Å². The minimum Gasteiger partial charge on any atom is -0.432 e. The number of rotatable bonds is 3. The predicted molar refractivity (Wildman–Crippen MR) is 60.2 cm³/mol. The summed E-state index contributed by atoms with van der Waals surface area (Å²) in [6, 6.07) is 8.63. The first-order valence-electron chi connectivity index (χ1n) is 4.64. The van der Waals surface area contributed by atoms with Gasteiger partial charge in [-0.1, -0.05) is 30.3 Å². The lowest BCUT2D eigenvalue weighted by Crippen LogP contribution is -2.26. The predicted octanol–water partition coefficient (Wildman–Crippen LogP) is 2.19. The van der Waals surface area contributed by atoms with Crippen molar-refractivity contribution in [2.75, 3.05) is 14.1 Å². The average Bonchev–Trinajstić information content (AvgIpc) is 2.26. The van der Waals surface area contributed by atoms with Crippen LogP contribution in [0.5, 0.6) is 0 Å². The highest BCUT2D eigenvalue weighted by atomic mass is 35.5. The summed E-state index contributed by atoms with van der Waals surface area (Å²) in [6.45, 7) is 0. The summed E-state index contributed by atoms with van der Waals surface area (Å²) >= 11 is 5.39. The number of nitrogens with zero attached hydrogens (tertiary/aromatic N) is 1. The number of carbonyl (C=O) groups is 2. The van der Waals surface area contributed by atoms with E-state index in [1.165, 1.54) is 19.0 Å². The number of hydrogen-bond donors (Lipinski definition) is 0. The highest BCUT2D eigenvalue weighted by Crippen LogP contribution is 2.20. The normalized spacial score (nSPS) is 11.7. The number of hydrogen-bond acceptors (Lipinski definition) is 3. The molecule has 0 saturated carbocycles. The number of benzene rings is 1. The molecule has 0 radical (unpaired) electrons. The fraction of sp³-hybridized carbons (Fsp3) is 0.273. The van der Waals surface area contributed by atoms with E-state index in [0.717, 1.165) is 0 Å². The Bertz CT molecular complexity index is 378. The molecular weight excluding hydrogens is 230 g/mol. The van der Waals surface area contributed by atoms with Gasteiger partial charge in [-0.05, 0) is 11.6 Å². The number of amides is 1. The topological polar surface area (TPSA) is 46.6 Å². The van der Waals surface area contributed by atoms with Crippen LogP contribution in [0.1, 0.15) is 11.7 Å². The molecule has 0 unspecified atom stereocenters. The highest BCUT2D eigenvalue weighted by molar-refractivity contribution is 6.64. The summed E-state index contributed by atoms with van der Waals surface area (Å²) in [5, 5.41) is -0.721. The third-order valence-corrected chi connectivity index (χ3v) is 2.09. The first-order valence-corrected chi connectivity index (χ1v) is 5.02. The van der Waals surface area contributed by atoms with Crippen molar-refractivity contribution >= 4 is 22.9 Å². The van der Waals surface area contributed by atoms with Crippen molar-refractivity contribution in [3.8, 4) is 0 Å². The molecule has 0 heterocycles. The maximum absolute atomic E-state index is 11.3. The smallest absolute Gasteiger partial charge is 0.410 e. The molecule has 0 fully saturated rings. The Morgan fingerprint density at radius 1 is 1.25 bits per heavy atom. The van der Waals surface area contributed by atoms with E-state index >= 15 is 0 Å². The Labute approximate surface area is 98.8 Å². The number of carbonyl (C=O) groups excluding carboxylic acids is 2. The fourth-order valence-electron chi connectivity index (χ4n) is 1.08. The molecular formula is C11H12ClNO3. The fourth-order valence-corrected chi connectivity index (χ4v) is 1.25. The second kappa shape index (κ2) is 5.51. The van der Waals surface area contributed by atoms with Crippen LogP contribution in [0.3, 0.4) is 0 Å². The lowest BCUT2D eigenvalue weighted by atomic mass is 10.1. The zero-order valence-electron chi connectivity index (χ0n) is 9.01. The zero-order chi connectivity index (χ0) is 12.1. The van der Waals surface area contributed by atoms with Gasteiger partial charge in [0.1, 0.15) is 0 Å². The molecule has 0 aliphatic carbocycles. The van der Waals surface area contributed by atoms with Gasteiger partial charge in [0.05, 0.1) is 0 Å². The summed E-state index contributed by atoms with van der Waals surface area (Å²) in [5.74, 6) is 0. The lowest BCUT2D eigenvalue weighted by molar-refractivity contribution is -0.120. The van der Waals surface area contributed by atoms with Crippen LogP contribution in [0.2, 0.25) is 0 Å². The van der Waals surface area contributed by atoms with Gasteiger partial charge in [0.15, 0.2) is 0 Å². The Hall–Kier alpha value is -1.55. The molecule has 0 spiro atoms. The number of halogens is 1. The van der Waals surface area contributed by atoms with Crippen molar-refractivity contribution in [1.29, 1.82) is 0 Å². The number of ether oxygens (including phenoxy) is 1. The molecule has 0 N–H and O–H groups in total. The lowest BCUT2D eigenvalue weighted by Gasteiger charge is -2.17. The summed E-state index contributed by atoms with van der Waals surface area (Å²) in [6.07, 6.45) is -1.67. The second-order valence-corrected chi connectivity index (χ2v) is 3.75. The first-order chi connectivity index (χ1) is 7.52. The van der Waals surface area contributed by atoms with E-state index in [4.69, 9.17) is 16.3 Å². The van der Waals surface area contributed by atoms with E-state index in [1.54, 1.807) is 30.3 Å². The highest BCUT2D eigenvalue weighted by Gasteiger charge is 2.23. The van der Waals surface area contributed by atoms with Gasteiger partial charge in [-0.3, -0.25) is 4.79 Å². The Kier molecular flexibility index (Phi) is 4.31. The van der Waals surface area contributed by atoms with Crippen LogP contribution in [0, 0.1) is 0 Å². The quantitative estimate of drug-likeness (QED) is 0.762. The van der Waals surface area contributed by atoms with Crippen molar-refractivity contribution in [2.24, 2.45) is 0 Å². The molecule has 4 nitrogen and oxygen atoms in total. The van der Waals surface area contributed by atoms with Crippen molar-refractivity contribution < 1.29 is 14.3 Å². The van der Waals surface area contributed by atoms with Gasteiger partial charge >= 0.3 is 6.09 Å². The monoisotopic (exact) mass is 241 g/mol. The van der Waals surface area contributed by atoms with Crippen molar-refractivity contribution in [1.82, 2.24) is 4.90 Å². The van der Waals surface area contributed by atoms with E-state index in [9.17, 15) is 9.59 Å². The van der Waals surface area contributed by atoms with Crippen LogP contribution >= 0.6 is 11.6 Å². The Balaban J connectivity index is 2.85. The van der Waals surface area contributed by atoms with Crippen LogP contribution in [-0.2, 0) is 9.53 Å². The largest absolute Gasteiger partial charge is 0.432 e. The van der Waals surface area contributed by atoms with E-state index in [1.807, 2.05) is 0 Å². The molecule has 1 rings (SSSR count). The van der Waals surface area contributed by atoms with Gasteiger partial charge in [-0.25, -0.2) is 4.79 Å². The van der Waals surface area contributed by atoms with Crippen molar-refractivity contribution in [3.05, 3.63) is 35.9 Å². The summed E-state index contributed by atoms with van der Waals surface area (Å²) in [4.78, 5) is 23.7. The molecule has 0 saturated heterocycles. The molecule has 1 atom stereocenters. The van der Waals surface area contributed by atoms with Crippen LogP contribution in [-0.4, -0.2) is 30.3 Å². The molecule has 0 aromatic heterocycles. The summed E-state index contributed by atoms with van der Waals surface area (Å²) in [5.41, 5.74) is 0.553. The van der Waals surface area contributed by atoms with Gasteiger partial charge in [-0.15, -0.1) is 0 Å². The zero-order valence-corrected chi connectivity index (χ0v) is 9.77. The minimum atomic E-state index is -1.06. The van der Waals surface area contributed by atoms with E-state index in [0.29, 0.717) is 5.56 Å². The van der Waals surface area contributed by atoms with Crippen molar-refractivity contribution in [2.45, 2.75) is 6.10 Å². The molecule has 1 aromatic rings. The molecule has 16 heavy (non-hydrogen) atoms. The molecule has 1 aromatic carbocycles. The van der Waals surface area contributed by atoms with Crippen LogP contribution in [0.15, 0.2) is 30.3 Å². The van der Waals surface area contributed by atoms with Gasteiger partial charge in [0.2, 0.25) is 6.10 Å². The molecule has 0 aliphatic heterocycles. The average molecular weight is 242 g/mol. The molecule has 1 amide bonds. The van der Waals surface area contributed by atoms with Crippen LogP contribution in [0.25, 0.3) is 0 Å². The van der Waals surface area contributed by atoms with Crippen LogP contribution in [0.4, 0.5) is 4.79 Å². The maximum atomic E-state index is 11.3. The van der Waals surface area contributed by atoms with Gasteiger partial charge in [-0.2, -0.15) is 0 Å². The third kappa shape index (κ3) is 3.24. The second-order valence-electron chi connectivity index (χ2n) is 3.37. The molecule has 0 aliphatic rings.